The average molecular weight is 688 g/mol. The molecular formula is C40H49NO9. The van der Waals surface area contributed by atoms with E-state index in [9.17, 15) is 44.7 Å². The number of fused-ring (bicyclic) bond motifs is 18. The lowest BCUT2D eigenvalue weighted by Crippen LogP contribution is -2.32. The molecule has 0 fully saturated rings. The van der Waals surface area contributed by atoms with Crippen LogP contribution in [0.1, 0.15) is 91.0 Å². The third kappa shape index (κ3) is 9.82. The van der Waals surface area contributed by atoms with Gasteiger partial charge >= 0.3 is 0 Å². The Morgan fingerprint density at radius 2 is 1.44 bits per heavy atom. The van der Waals surface area contributed by atoms with Gasteiger partial charge in [0.2, 0.25) is 5.78 Å². The van der Waals surface area contributed by atoms with E-state index in [-0.39, 0.29) is 57.9 Å². The molecular weight excluding hydrogens is 638 g/mol. The van der Waals surface area contributed by atoms with Crippen LogP contribution in [0.15, 0.2) is 89.2 Å². The van der Waals surface area contributed by atoms with E-state index in [1.165, 1.54) is 39.0 Å². The number of carbonyl (C=O) groups is 4. The molecule has 7 unspecified atom stereocenters. The molecule has 4 bridgehead atoms. The van der Waals surface area contributed by atoms with Crippen LogP contribution in [0.2, 0.25) is 0 Å². The molecule has 2 heterocycles. The zero-order chi connectivity index (χ0) is 37.4. The summed E-state index contributed by atoms with van der Waals surface area (Å²) in [6, 6.07) is 1.31. The summed E-state index contributed by atoms with van der Waals surface area (Å²) in [5.41, 5.74) is 0.137. The molecule has 0 aromatic heterocycles. The number of aliphatic hydroxyl groups excluding tert-OH is 4. The monoisotopic (exact) mass is 687 g/mol. The summed E-state index contributed by atoms with van der Waals surface area (Å²) in [5, 5.41) is 56.3. The van der Waals surface area contributed by atoms with Crippen molar-refractivity contribution in [1.82, 2.24) is 5.32 Å². The molecule has 0 saturated heterocycles. The fraction of sp³-hybridized carbons (Fsp3) is 0.400. The van der Waals surface area contributed by atoms with Crippen molar-refractivity contribution in [3.63, 3.8) is 0 Å². The second kappa shape index (κ2) is 17.4. The van der Waals surface area contributed by atoms with E-state index in [4.69, 9.17) is 0 Å². The van der Waals surface area contributed by atoms with E-state index < -0.39 is 65.3 Å². The highest BCUT2D eigenvalue weighted by Gasteiger charge is 2.34. The molecule has 0 spiro atoms. The van der Waals surface area contributed by atoms with Gasteiger partial charge in [0.25, 0.3) is 5.91 Å². The van der Waals surface area contributed by atoms with Gasteiger partial charge in [-0.15, -0.1) is 0 Å². The second-order valence-electron chi connectivity index (χ2n) is 13.4. The SMILES string of the molecule is C/C1=C/C=C/C=C\C(C)C(O)CC(O)/C(C)=C\CC(O)/C=C\C(C)C(O)C(C)/C=C(\C)C(=O)c2c(O)c(C)cc3c2C(=O)C=C(NC1=O)C3=O. The van der Waals surface area contributed by atoms with Gasteiger partial charge in [-0.3, -0.25) is 19.2 Å². The number of amides is 1. The van der Waals surface area contributed by atoms with E-state index in [0.717, 1.165) is 6.08 Å². The minimum atomic E-state index is -0.973. The quantitative estimate of drug-likeness (QED) is 0.207. The van der Waals surface area contributed by atoms with Crippen molar-refractivity contribution in [3.8, 4) is 5.75 Å². The molecule has 7 atom stereocenters. The van der Waals surface area contributed by atoms with Crippen LogP contribution in [0.5, 0.6) is 5.75 Å². The summed E-state index contributed by atoms with van der Waals surface area (Å²) in [6.45, 7) is 11.5. The molecule has 3 aliphatic rings. The van der Waals surface area contributed by atoms with Crippen LogP contribution in [0, 0.1) is 24.7 Å². The zero-order valence-corrected chi connectivity index (χ0v) is 29.7. The Kier molecular flexibility index (Phi) is 13.9. The van der Waals surface area contributed by atoms with Crippen LogP contribution < -0.4 is 5.32 Å². The van der Waals surface area contributed by atoms with Crippen LogP contribution in [-0.2, 0) is 4.79 Å². The molecule has 268 valence electrons. The Morgan fingerprint density at radius 1 is 0.760 bits per heavy atom. The number of hydrogen-bond acceptors (Lipinski definition) is 9. The largest absolute Gasteiger partial charge is 0.507 e. The van der Waals surface area contributed by atoms with Crippen molar-refractivity contribution < 1.29 is 44.7 Å². The average Bonchev–Trinajstić information content (AvgIpc) is 3.07. The number of Topliss-reactive ketones (excluding diaryl/α,β-unsaturated/α-hetero) is 2. The molecule has 4 rings (SSSR count). The lowest BCUT2D eigenvalue weighted by atomic mass is 9.83. The first-order valence-electron chi connectivity index (χ1n) is 16.7. The smallest absolute Gasteiger partial charge is 0.251 e. The molecule has 6 N–H and O–H groups in total. The molecule has 50 heavy (non-hydrogen) atoms. The van der Waals surface area contributed by atoms with Gasteiger partial charge in [-0.2, -0.15) is 0 Å². The number of phenolic OH excluding ortho intramolecular Hbond substituents is 1. The molecule has 1 aromatic rings. The van der Waals surface area contributed by atoms with Crippen molar-refractivity contribution in [2.75, 3.05) is 0 Å². The van der Waals surface area contributed by atoms with Crippen LogP contribution in [0.25, 0.3) is 0 Å². The topological polar surface area (TPSA) is 181 Å². The standard InChI is InChI=1S/C40H49NO9/c1-21-11-9-8-10-12-24(4)40(50)41-30-19-33(45)34-29(39(30)49)18-27(7)38(48)35(34)37(47)26(6)17-25(5)36(46)23(3)14-16-28(42)15-13-22(2)32(44)20-31(21)43/h8-14,16-19,21,23,25,28,31-32,36,42-44,46,48H,15,20H2,1-7H3,(H,41,50)/b10-8+,11-9-,16-14-,22-13-,24-12-,26-17+. The van der Waals surface area contributed by atoms with E-state index in [0.29, 0.717) is 5.57 Å². The van der Waals surface area contributed by atoms with E-state index in [1.807, 2.05) is 0 Å². The summed E-state index contributed by atoms with van der Waals surface area (Å²) in [7, 11) is 0. The Morgan fingerprint density at radius 3 is 2.12 bits per heavy atom. The Labute approximate surface area is 293 Å². The number of hydrogen-bond donors (Lipinski definition) is 6. The first-order chi connectivity index (χ1) is 23.4. The van der Waals surface area contributed by atoms with Crippen molar-refractivity contribution in [1.29, 1.82) is 0 Å². The van der Waals surface area contributed by atoms with Crippen molar-refractivity contribution in [3.05, 3.63) is 111 Å². The first-order valence-corrected chi connectivity index (χ1v) is 16.7. The number of nitrogens with one attached hydrogen (secondary N) is 1. The van der Waals surface area contributed by atoms with Crippen LogP contribution in [-0.4, -0.2) is 73.2 Å². The normalized spacial score (nSPS) is 33.2. The molecule has 2 aliphatic heterocycles. The minimum Gasteiger partial charge on any atom is -0.507 e. The van der Waals surface area contributed by atoms with Crippen LogP contribution in [0.3, 0.4) is 0 Å². The second-order valence-corrected chi connectivity index (χ2v) is 13.4. The van der Waals surface area contributed by atoms with E-state index >= 15 is 0 Å². The van der Waals surface area contributed by atoms with Crippen molar-refractivity contribution >= 4 is 23.3 Å². The molecule has 10 heteroatoms. The predicted octanol–water partition coefficient (Wildman–Crippen LogP) is 4.92. The van der Waals surface area contributed by atoms with Crippen molar-refractivity contribution in [2.45, 2.75) is 85.7 Å². The van der Waals surface area contributed by atoms with Crippen LogP contribution >= 0.6 is 0 Å². The van der Waals surface area contributed by atoms with Gasteiger partial charge in [0.1, 0.15) is 5.75 Å². The van der Waals surface area contributed by atoms with Gasteiger partial charge < -0.3 is 30.8 Å². The maximum Gasteiger partial charge on any atom is 0.251 e. The zero-order valence-electron chi connectivity index (χ0n) is 29.7. The Bertz CT molecular complexity index is 1720. The summed E-state index contributed by atoms with van der Waals surface area (Å²) in [5.74, 6) is -4.53. The number of phenols is 1. The molecule has 0 radical (unpaired) electrons. The molecule has 1 aliphatic carbocycles. The van der Waals surface area contributed by atoms with Crippen molar-refractivity contribution in [2.24, 2.45) is 17.8 Å². The Balaban J connectivity index is 2.04. The maximum atomic E-state index is 13.8. The van der Waals surface area contributed by atoms with Gasteiger partial charge in [-0.25, -0.2) is 0 Å². The number of benzene rings is 1. The van der Waals surface area contributed by atoms with Crippen LogP contribution in [0.4, 0.5) is 0 Å². The molecule has 1 aromatic carbocycles. The fourth-order valence-corrected chi connectivity index (χ4v) is 5.71. The summed E-state index contributed by atoms with van der Waals surface area (Å²) in [6.07, 6.45) is 12.2. The number of ketones is 3. The summed E-state index contributed by atoms with van der Waals surface area (Å²) < 4.78 is 0. The number of carbonyl (C=O) groups excluding carboxylic acids is 4. The van der Waals surface area contributed by atoms with E-state index in [2.05, 4.69) is 5.32 Å². The third-order valence-electron chi connectivity index (χ3n) is 9.18. The molecule has 10 nitrogen and oxygen atoms in total. The van der Waals surface area contributed by atoms with Gasteiger partial charge in [0.05, 0.1) is 35.7 Å². The lowest BCUT2D eigenvalue weighted by molar-refractivity contribution is -0.116. The van der Waals surface area contributed by atoms with Gasteiger partial charge in [-0.05, 0) is 56.9 Å². The van der Waals surface area contributed by atoms with Gasteiger partial charge in [-0.1, -0.05) is 75.5 Å². The third-order valence-corrected chi connectivity index (χ3v) is 9.18. The highest BCUT2D eigenvalue weighted by atomic mass is 16.3. The number of allylic oxidation sites excluding steroid dienone is 7. The molecule has 1 amide bonds. The Hall–Kier alpha value is -4.48. The number of aryl methyl sites for hydroxylation is 1. The van der Waals surface area contributed by atoms with Gasteiger partial charge in [0, 0.05) is 47.0 Å². The number of aliphatic hydroxyl groups is 4. The van der Waals surface area contributed by atoms with E-state index in [1.54, 1.807) is 70.2 Å². The first kappa shape index (κ1) is 40.0. The number of aromatic hydroxyl groups is 1. The maximum absolute atomic E-state index is 13.8. The summed E-state index contributed by atoms with van der Waals surface area (Å²) >= 11 is 0. The predicted molar refractivity (Wildman–Crippen MR) is 192 cm³/mol. The minimum absolute atomic E-state index is 0.0843. The fourth-order valence-electron chi connectivity index (χ4n) is 5.71. The summed E-state index contributed by atoms with van der Waals surface area (Å²) in [4.78, 5) is 53.6. The van der Waals surface area contributed by atoms with Gasteiger partial charge in [0.15, 0.2) is 11.6 Å². The lowest BCUT2D eigenvalue weighted by Gasteiger charge is -2.22. The number of rotatable bonds is 0. The molecule has 0 saturated carbocycles. The highest BCUT2D eigenvalue weighted by molar-refractivity contribution is 6.30. The highest BCUT2D eigenvalue weighted by Crippen LogP contribution is 2.35.